The predicted octanol–water partition coefficient (Wildman–Crippen LogP) is 0.814. The molecule has 2 heterocycles. The smallest absolute Gasteiger partial charge is 0.198 e. The zero-order valence-corrected chi connectivity index (χ0v) is 11.0. The van der Waals surface area contributed by atoms with Gasteiger partial charge in [0.05, 0.1) is 11.9 Å². The number of nitrogens with zero attached hydrogens (tertiary/aromatic N) is 2. The molecule has 0 saturated carbocycles. The van der Waals surface area contributed by atoms with Crippen LogP contribution in [0.4, 0.5) is 0 Å². The van der Waals surface area contributed by atoms with Crippen LogP contribution in [-0.2, 0) is 9.84 Å². The number of sulfone groups is 1. The van der Waals surface area contributed by atoms with Crippen molar-refractivity contribution >= 4 is 22.2 Å². The third-order valence-corrected chi connectivity index (χ3v) is 4.38. The Balaban J connectivity index is 0.00000144. The summed E-state index contributed by atoms with van der Waals surface area (Å²) in [5, 5.41) is 3.29. The van der Waals surface area contributed by atoms with Gasteiger partial charge in [-0.2, -0.15) is 0 Å². The van der Waals surface area contributed by atoms with E-state index in [0.29, 0.717) is 0 Å². The van der Waals surface area contributed by atoms with Crippen LogP contribution < -0.4 is 5.32 Å². The molecule has 1 fully saturated rings. The van der Waals surface area contributed by atoms with Gasteiger partial charge in [-0.05, 0) is 19.4 Å². The van der Waals surface area contributed by atoms with E-state index in [1.807, 2.05) is 0 Å². The molecule has 0 amide bonds. The second-order valence-corrected chi connectivity index (χ2v) is 5.95. The molecule has 1 N–H and O–H groups in total. The molecule has 0 aromatic carbocycles. The van der Waals surface area contributed by atoms with Crippen molar-refractivity contribution in [1.29, 1.82) is 0 Å². The highest BCUT2D eigenvalue weighted by Gasteiger charge is 2.23. The molecular formula is C10H16ClN3O2S. The van der Waals surface area contributed by atoms with E-state index >= 15 is 0 Å². The first kappa shape index (κ1) is 14.3. The van der Waals surface area contributed by atoms with E-state index in [1.54, 1.807) is 0 Å². The second kappa shape index (κ2) is 6.28. The lowest BCUT2D eigenvalue weighted by Crippen LogP contribution is -2.39. The summed E-state index contributed by atoms with van der Waals surface area (Å²) in [7, 11) is -3.30. The molecule has 2 rings (SSSR count). The van der Waals surface area contributed by atoms with E-state index in [-0.39, 0.29) is 29.2 Å². The second-order valence-electron chi connectivity index (χ2n) is 3.97. The minimum Gasteiger partial charge on any atom is -0.313 e. The molecule has 1 aliphatic rings. The number of halogens is 1. The van der Waals surface area contributed by atoms with Crippen LogP contribution in [0.5, 0.6) is 0 Å². The van der Waals surface area contributed by atoms with E-state index in [2.05, 4.69) is 15.3 Å². The maximum atomic E-state index is 12.0. The first-order valence-electron chi connectivity index (χ1n) is 5.41. The number of hydrogen-bond acceptors (Lipinski definition) is 5. The Bertz CT molecular complexity index is 432. The van der Waals surface area contributed by atoms with Gasteiger partial charge in [0.1, 0.15) is 0 Å². The van der Waals surface area contributed by atoms with Crippen molar-refractivity contribution < 1.29 is 8.42 Å². The molecule has 17 heavy (non-hydrogen) atoms. The number of nitrogens with one attached hydrogen (secondary N) is 1. The van der Waals surface area contributed by atoms with Gasteiger partial charge < -0.3 is 5.32 Å². The monoisotopic (exact) mass is 277 g/mol. The van der Waals surface area contributed by atoms with Gasteiger partial charge in [0.25, 0.3) is 0 Å². The normalized spacial score (nSPS) is 20.6. The summed E-state index contributed by atoms with van der Waals surface area (Å²) < 4.78 is 23.9. The molecule has 5 nitrogen and oxygen atoms in total. The summed E-state index contributed by atoms with van der Waals surface area (Å²) in [4.78, 5) is 7.62. The first-order chi connectivity index (χ1) is 7.68. The Morgan fingerprint density at radius 1 is 1.35 bits per heavy atom. The van der Waals surface area contributed by atoms with Gasteiger partial charge in [0.2, 0.25) is 0 Å². The van der Waals surface area contributed by atoms with Gasteiger partial charge >= 0.3 is 0 Å². The van der Waals surface area contributed by atoms with Crippen molar-refractivity contribution in [1.82, 2.24) is 15.3 Å². The van der Waals surface area contributed by atoms with Crippen LogP contribution >= 0.6 is 12.4 Å². The van der Waals surface area contributed by atoms with Crippen LogP contribution in [0.15, 0.2) is 23.6 Å². The van der Waals surface area contributed by atoms with Crippen LogP contribution in [0.3, 0.4) is 0 Å². The largest absolute Gasteiger partial charge is 0.313 e. The molecule has 96 valence electrons. The highest BCUT2D eigenvalue weighted by molar-refractivity contribution is 7.91. The van der Waals surface area contributed by atoms with Crippen LogP contribution in [0.2, 0.25) is 0 Å². The van der Waals surface area contributed by atoms with Crippen LogP contribution in [0.1, 0.15) is 19.3 Å². The highest BCUT2D eigenvalue weighted by Crippen LogP contribution is 2.13. The first-order valence-corrected chi connectivity index (χ1v) is 7.06. The van der Waals surface area contributed by atoms with Crippen molar-refractivity contribution in [2.24, 2.45) is 0 Å². The lowest BCUT2D eigenvalue weighted by Gasteiger charge is -2.22. The lowest BCUT2D eigenvalue weighted by atomic mass is 10.1. The van der Waals surface area contributed by atoms with E-state index in [0.717, 1.165) is 25.8 Å². The highest BCUT2D eigenvalue weighted by atomic mass is 35.5. The molecule has 1 aromatic heterocycles. The summed E-state index contributed by atoms with van der Waals surface area (Å²) in [6.45, 7) is 0.903. The van der Waals surface area contributed by atoms with Gasteiger partial charge in [-0.1, -0.05) is 6.42 Å². The molecule has 1 unspecified atom stereocenters. The molecule has 0 spiro atoms. The topological polar surface area (TPSA) is 72.0 Å². The average molecular weight is 278 g/mol. The van der Waals surface area contributed by atoms with Crippen LogP contribution in [0.25, 0.3) is 0 Å². The van der Waals surface area contributed by atoms with Gasteiger partial charge in [-0.15, -0.1) is 12.4 Å². The Labute approximate surface area is 107 Å². The van der Waals surface area contributed by atoms with Crippen molar-refractivity contribution in [3.05, 3.63) is 18.6 Å². The Morgan fingerprint density at radius 3 is 2.76 bits per heavy atom. The van der Waals surface area contributed by atoms with Crippen molar-refractivity contribution in [2.75, 3.05) is 12.3 Å². The number of hydrogen-bond donors (Lipinski definition) is 1. The van der Waals surface area contributed by atoms with E-state index < -0.39 is 9.84 Å². The Morgan fingerprint density at radius 2 is 2.18 bits per heavy atom. The fraction of sp³-hybridized carbons (Fsp3) is 0.600. The molecule has 1 aromatic rings. The Kier molecular flexibility index (Phi) is 5.30. The molecule has 1 saturated heterocycles. The van der Waals surface area contributed by atoms with E-state index in [4.69, 9.17) is 0 Å². The molecular weight excluding hydrogens is 262 g/mol. The fourth-order valence-electron chi connectivity index (χ4n) is 1.86. The van der Waals surface area contributed by atoms with Crippen LogP contribution in [-0.4, -0.2) is 36.7 Å². The third kappa shape index (κ3) is 3.90. The molecule has 0 radical (unpaired) electrons. The van der Waals surface area contributed by atoms with Crippen molar-refractivity contribution in [3.63, 3.8) is 0 Å². The van der Waals surface area contributed by atoms with Crippen molar-refractivity contribution in [2.45, 2.75) is 30.3 Å². The molecule has 0 aliphatic carbocycles. The van der Waals surface area contributed by atoms with E-state index in [9.17, 15) is 8.42 Å². The van der Waals surface area contributed by atoms with Crippen LogP contribution in [0, 0.1) is 0 Å². The molecule has 0 bridgehead atoms. The minimum absolute atomic E-state index is 0. The third-order valence-electron chi connectivity index (χ3n) is 2.69. The summed E-state index contributed by atoms with van der Waals surface area (Å²) in [6, 6.07) is 0.0563. The number of piperidine rings is 1. The fourth-order valence-corrected chi connectivity index (χ4v) is 3.29. The van der Waals surface area contributed by atoms with Gasteiger partial charge in [0.15, 0.2) is 14.9 Å². The van der Waals surface area contributed by atoms with Gasteiger partial charge in [0, 0.05) is 18.4 Å². The molecule has 7 heteroatoms. The molecule has 1 aliphatic heterocycles. The van der Waals surface area contributed by atoms with Crippen molar-refractivity contribution in [3.8, 4) is 0 Å². The summed E-state index contributed by atoms with van der Waals surface area (Å²) in [5.41, 5.74) is 0. The number of aromatic nitrogens is 2. The SMILES string of the molecule is Cl.O=S(=O)(CC1CCCCN1)c1cnccn1. The standard InChI is InChI=1S/C10H15N3O2S.ClH/c14-16(15,10-7-11-5-6-13-10)8-9-3-1-2-4-12-9;/h5-7,9,12H,1-4,8H2;1H. The van der Waals surface area contributed by atoms with Gasteiger partial charge in [-0.25, -0.2) is 13.4 Å². The Hall–Kier alpha value is -0.720. The van der Waals surface area contributed by atoms with Gasteiger partial charge in [-0.3, -0.25) is 4.98 Å². The maximum absolute atomic E-state index is 12.0. The summed E-state index contributed by atoms with van der Waals surface area (Å²) >= 11 is 0. The molecule has 1 atom stereocenters. The minimum atomic E-state index is -3.30. The van der Waals surface area contributed by atoms with E-state index in [1.165, 1.54) is 18.6 Å². The predicted molar refractivity (Wildman–Crippen MR) is 67.0 cm³/mol. The quantitative estimate of drug-likeness (QED) is 0.885. The zero-order chi connectivity index (χ0) is 11.4. The number of rotatable bonds is 3. The summed E-state index contributed by atoms with van der Waals surface area (Å²) in [5.74, 6) is 0.117. The summed E-state index contributed by atoms with van der Waals surface area (Å²) in [6.07, 6.45) is 7.31. The maximum Gasteiger partial charge on any atom is 0.198 e. The zero-order valence-electron chi connectivity index (χ0n) is 9.37. The average Bonchev–Trinajstić information content (AvgIpc) is 2.31. The lowest BCUT2D eigenvalue weighted by molar-refractivity contribution is 0.423.